The zero-order valence-electron chi connectivity index (χ0n) is 8.52. The summed E-state index contributed by atoms with van der Waals surface area (Å²) in [4.78, 5) is 0. The molecule has 7 heteroatoms. The Balaban J connectivity index is 2.34. The van der Waals surface area contributed by atoms with Crippen molar-refractivity contribution in [2.45, 2.75) is 30.9 Å². The Kier molecular flexibility index (Phi) is 2.83. The third-order valence-corrected chi connectivity index (χ3v) is 5.15. The van der Waals surface area contributed by atoms with Crippen LogP contribution in [-0.2, 0) is 11.1 Å². The summed E-state index contributed by atoms with van der Waals surface area (Å²) in [5.74, 6) is -3.61. The van der Waals surface area contributed by atoms with E-state index in [1.165, 1.54) is 0 Å². The van der Waals surface area contributed by atoms with Crippen LogP contribution in [0.25, 0.3) is 0 Å². The highest BCUT2D eigenvalue weighted by molar-refractivity contribution is 7.79. The lowest BCUT2D eigenvalue weighted by atomic mass is 9.79. The minimum atomic E-state index is -4.46. The highest BCUT2D eigenvalue weighted by atomic mass is 32.2. The fourth-order valence-corrected chi connectivity index (χ4v) is 4.51. The van der Waals surface area contributed by atoms with E-state index in [0.29, 0.717) is 0 Å². The fraction of sp³-hybridized carbons (Fsp3) is 1.00. The number of aliphatic hydroxyl groups excluding tert-OH is 1. The molecule has 2 saturated carbocycles. The van der Waals surface area contributed by atoms with E-state index in [-0.39, 0.29) is 6.42 Å². The number of fused-ring (bicyclic) bond motifs is 2. The molecule has 2 N–H and O–H groups in total. The van der Waals surface area contributed by atoms with Gasteiger partial charge in [0, 0.05) is 5.92 Å². The van der Waals surface area contributed by atoms with Crippen LogP contribution in [0.1, 0.15) is 13.3 Å². The Morgan fingerprint density at radius 1 is 1.31 bits per heavy atom. The zero-order valence-corrected chi connectivity index (χ0v) is 9.33. The highest BCUT2D eigenvalue weighted by Crippen LogP contribution is 2.58. The third kappa shape index (κ3) is 1.60. The van der Waals surface area contributed by atoms with E-state index < -0.39 is 52.3 Å². The second kappa shape index (κ2) is 3.68. The molecule has 0 spiro atoms. The summed E-state index contributed by atoms with van der Waals surface area (Å²) >= 11 is -2.53. The fourth-order valence-electron chi connectivity index (χ4n) is 3.33. The van der Waals surface area contributed by atoms with E-state index >= 15 is 0 Å². The maximum atomic E-state index is 12.8. The standard InChI is InChI=1S/C9H13F3O3S/c1-3-4-2-5(7(3)13)8(16(14)15)6(4)9(10,11)12/h3-8,13H,2H2,1H3,(H,14,15). The zero-order chi connectivity index (χ0) is 12.2. The van der Waals surface area contributed by atoms with Crippen LogP contribution in [0.3, 0.4) is 0 Å². The summed E-state index contributed by atoms with van der Waals surface area (Å²) in [5.41, 5.74) is 0. The second-order valence-corrected chi connectivity index (χ2v) is 5.82. The molecule has 0 saturated heterocycles. The van der Waals surface area contributed by atoms with Crippen molar-refractivity contribution in [1.82, 2.24) is 0 Å². The van der Waals surface area contributed by atoms with Crippen LogP contribution >= 0.6 is 0 Å². The van der Waals surface area contributed by atoms with Crippen LogP contribution in [-0.4, -0.2) is 31.4 Å². The van der Waals surface area contributed by atoms with Gasteiger partial charge in [-0.1, -0.05) is 6.92 Å². The van der Waals surface area contributed by atoms with E-state index in [2.05, 4.69) is 0 Å². The topological polar surface area (TPSA) is 57.5 Å². The molecule has 0 aromatic carbocycles. The first-order chi connectivity index (χ1) is 7.25. The predicted molar refractivity (Wildman–Crippen MR) is 50.9 cm³/mol. The lowest BCUT2D eigenvalue weighted by Gasteiger charge is -2.36. The van der Waals surface area contributed by atoms with Crippen LogP contribution in [0.5, 0.6) is 0 Å². The Hall–Kier alpha value is -0.140. The normalized spacial score (nSPS) is 49.6. The van der Waals surface area contributed by atoms with Gasteiger partial charge in [0.25, 0.3) is 0 Å². The van der Waals surface area contributed by atoms with Crippen LogP contribution < -0.4 is 0 Å². The van der Waals surface area contributed by atoms with Gasteiger partial charge in [-0.15, -0.1) is 0 Å². The molecule has 0 heterocycles. The van der Waals surface area contributed by atoms with Crippen molar-refractivity contribution in [3.05, 3.63) is 0 Å². The van der Waals surface area contributed by atoms with Crippen molar-refractivity contribution in [2.75, 3.05) is 0 Å². The molecule has 7 atom stereocenters. The average Bonchev–Trinajstić information content (AvgIpc) is 2.63. The molecule has 0 aromatic heterocycles. The summed E-state index contributed by atoms with van der Waals surface area (Å²) in [7, 11) is 0. The lowest BCUT2D eigenvalue weighted by Crippen LogP contribution is -2.48. The van der Waals surface area contributed by atoms with Gasteiger partial charge in [-0.2, -0.15) is 13.2 Å². The van der Waals surface area contributed by atoms with Gasteiger partial charge < -0.3 is 9.66 Å². The molecule has 2 aliphatic rings. The van der Waals surface area contributed by atoms with E-state index in [1.54, 1.807) is 6.92 Å². The van der Waals surface area contributed by atoms with E-state index in [0.717, 1.165) is 0 Å². The first-order valence-electron chi connectivity index (χ1n) is 5.09. The van der Waals surface area contributed by atoms with Gasteiger partial charge in [0.2, 0.25) is 0 Å². The molecule has 94 valence electrons. The Bertz CT molecular complexity index is 320. The average molecular weight is 258 g/mol. The van der Waals surface area contributed by atoms with E-state index in [4.69, 9.17) is 4.55 Å². The van der Waals surface area contributed by atoms with Crippen molar-refractivity contribution in [3.8, 4) is 0 Å². The first-order valence-corrected chi connectivity index (χ1v) is 6.26. The van der Waals surface area contributed by atoms with Crippen molar-refractivity contribution >= 4 is 11.1 Å². The number of alkyl halides is 3. The largest absolute Gasteiger partial charge is 0.393 e. The molecule has 3 nitrogen and oxygen atoms in total. The monoisotopic (exact) mass is 258 g/mol. The van der Waals surface area contributed by atoms with Gasteiger partial charge in [-0.3, -0.25) is 0 Å². The van der Waals surface area contributed by atoms with Crippen LogP contribution in [0.15, 0.2) is 0 Å². The van der Waals surface area contributed by atoms with Crippen molar-refractivity contribution < 1.29 is 27.0 Å². The van der Waals surface area contributed by atoms with Crippen molar-refractivity contribution in [3.63, 3.8) is 0 Å². The Morgan fingerprint density at radius 2 is 1.88 bits per heavy atom. The maximum Gasteiger partial charge on any atom is 0.393 e. The minimum absolute atomic E-state index is 0.198. The molecule has 0 radical (unpaired) electrons. The number of rotatable bonds is 1. The number of hydrogen-bond acceptors (Lipinski definition) is 2. The quantitative estimate of drug-likeness (QED) is 0.699. The summed E-state index contributed by atoms with van der Waals surface area (Å²) in [6.45, 7) is 1.57. The molecule has 2 rings (SSSR count). The molecule has 0 aliphatic heterocycles. The molecular formula is C9H13F3O3S. The van der Waals surface area contributed by atoms with E-state index in [1.807, 2.05) is 0 Å². The van der Waals surface area contributed by atoms with E-state index in [9.17, 15) is 22.5 Å². The molecule has 2 fully saturated rings. The van der Waals surface area contributed by atoms with Gasteiger partial charge in [-0.25, -0.2) is 4.21 Å². The Labute approximate surface area is 93.3 Å². The summed E-state index contributed by atoms with van der Waals surface area (Å²) in [5, 5.41) is 8.31. The van der Waals surface area contributed by atoms with Gasteiger partial charge in [0.15, 0.2) is 11.1 Å². The lowest BCUT2D eigenvalue weighted by molar-refractivity contribution is -0.195. The molecule has 2 aliphatic carbocycles. The molecule has 2 bridgehead atoms. The molecule has 7 unspecified atom stereocenters. The number of aliphatic hydroxyl groups is 1. The first kappa shape index (κ1) is 12.3. The molecule has 0 amide bonds. The van der Waals surface area contributed by atoms with Crippen molar-refractivity contribution in [1.29, 1.82) is 0 Å². The van der Waals surface area contributed by atoms with Crippen LogP contribution in [0, 0.1) is 23.7 Å². The smallest absolute Gasteiger partial charge is 0.393 e. The molecule has 16 heavy (non-hydrogen) atoms. The van der Waals surface area contributed by atoms with Gasteiger partial charge in [-0.05, 0) is 18.3 Å². The number of hydrogen-bond donors (Lipinski definition) is 2. The van der Waals surface area contributed by atoms with Crippen LogP contribution in [0.2, 0.25) is 0 Å². The molecular weight excluding hydrogens is 245 g/mol. The summed E-state index contributed by atoms with van der Waals surface area (Å²) in [6, 6.07) is 0. The predicted octanol–water partition coefficient (Wildman–Crippen LogP) is 1.40. The summed E-state index contributed by atoms with van der Waals surface area (Å²) < 4.78 is 58.4. The maximum absolute atomic E-state index is 12.8. The summed E-state index contributed by atoms with van der Waals surface area (Å²) in [6.07, 6.45) is -5.15. The van der Waals surface area contributed by atoms with Crippen molar-refractivity contribution in [2.24, 2.45) is 23.7 Å². The number of halogens is 3. The van der Waals surface area contributed by atoms with Gasteiger partial charge in [0.1, 0.15) is 0 Å². The highest BCUT2D eigenvalue weighted by Gasteiger charge is 2.66. The molecule has 0 aromatic rings. The Morgan fingerprint density at radius 3 is 2.31 bits per heavy atom. The van der Waals surface area contributed by atoms with Gasteiger partial charge >= 0.3 is 6.18 Å². The SMILES string of the molecule is CC1C(O)C2CC1C(C(F)(F)F)C2S(=O)O. The van der Waals surface area contributed by atoms with Crippen LogP contribution in [0.4, 0.5) is 13.2 Å². The minimum Gasteiger partial charge on any atom is -0.393 e. The third-order valence-electron chi connectivity index (χ3n) is 4.05. The second-order valence-electron chi connectivity index (χ2n) is 4.72. The van der Waals surface area contributed by atoms with Gasteiger partial charge in [0.05, 0.1) is 17.3 Å².